The van der Waals surface area contributed by atoms with E-state index >= 15 is 0 Å². The maximum Gasteiger partial charge on any atom is 0.340 e. The Kier molecular flexibility index (Phi) is 5.66. The van der Waals surface area contributed by atoms with Gasteiger partial charge >= 0.3 is 5.97 Å². The number of pyridine rings is 1. The monoisotopic (exact) mass is 386 g/mol. The Morgan fingerprint density at radius 3 is 2.56 bits per heavy atom. The van der Waals surface area contributed by atoms with E-state index in [2.05, 4.69) is 4.98 Å². The second-order valence-corrected chi connectivity index (χ2v) is 7.98. The number of rotatable bonds is 6. The van der Waals surface area contributed by atoms with Crippen molar-refractivity contribution in [3.8, 4) is 0 Å². The molecule has 7 nitrogen and oxygen atoms in total. The molecule has 1 aromatic heterocycles. The zero-order valence-corrected chi connectivity index (χ0v) is 15.2. The van der Waals surface area contributed by atoms with Crippen LogP contribution in [-0.4, -0.2) is 48.6 Å². The number of amides is 1. The summed E-state index contributed by atoms with van der Waals surface area (Å²) in [7, 11) is -3.33. The lowest BCUT2D eigenvalue weighted by Crippen LogP contribution is -2.42. The van der Waals surface area contributed by atoms with Crippen LogP contribution in [0.25, 0.3) is 0 Å². The number of sulfone groups is 1. The first-order valence-electron chi connectivity index (χ1n) is 8.26. The Bertz CT molecular complexity index is 943. The van der Waals surface area contributed by atoms with Gasteiger partial charge in [-0.2, -0.15) is 0 Å². The standard InChI is InChI=1S/C19H18N2O5S/c22-18(13-26-19(23)16-7-4-9-20-11-16)21(12-15-5-2-1-3-6-15)17-8-10-27(24,25)14-17/h1-11,17H,12-14H2/t17-/m0/s1. The highest BCUT2D eigenvalue weighted by molar-refractivity contribution is 7.94. The molecular weight excluding hydrogens is 368 g/mol. The van der Waals surface area contributed by atoms with Gasteiger partial charge in [0.1, 0.15) is 0 Å². The van der Waals surface area contributed by atoms with Gasteiger partial charge in [0.2, 0.25) is 0 Å². The summed E-state index contributed by atoms with van der Waals surface area (Å²) >= 11 is 0. The van der Waals surface area contributed by atoms with Crippen LogP contribution in [0, 0.1) is 0 Å². The average Bonchev–Trinajstić information content (AvgIpc) is 3.05. The molecule has 2 heterocycles. The number of hydrogen-bond acceptors (Lipinski definition) is 6. The zero-order chi connectivity index (χ0) is 19.3. The third-order valence-corrected chi connectivity index (χ3v) is 5.43. The molecule has 0 saturated heterocycles. The molecule has 1 aromatic carbocycles. The highest BCUT2D eigenvalue weighted by Gasteiger charge is 2.30. The van der Waals surface area contributed by atoms with E-state index in [1.165, 1.54) is 29.4 Å². The van der Waals surface area contributed by atoms with E-state index in [1.54, 1.807) is 6.07 Å². The van der Waals surface area contributed by atoms with Crippen molar-refractivity contribution >= 4 is 21.7 Å². The minimum atomic E-state index is -3.33. The van der Waals surface area contributed by atoms with E-state index in [-0.39, 0.29) is 17.9 Å². The maximum atomic E-state index is 12.7. The third kappa shape index (κ3) is 5.01. The Hall–Kier alpha value is -3.00. The van der Waals surface area contributed by atoms with Gasteiger partial charge in [-0.1, -0.05) is 30.3 Å². The Morgan fingerprint density at radius 2 is 1.93 bits per heavy atom. The molecular formula is C19H18N2O5S. The number of aromatic nitrogens is 1. The fourth-order valence-corrected chi connectivity index (χ4v) is 4.00. The molecule has 1 aliphatic rings. The molecule has 8 heteroatoms. The topological polar surface area (TPSA) is 93.6 Å². The van der Waals surface area contributed by atoms with Crippen molar-refractivity contribution in [2.45, 2.75) is 12.6 Å². The van der Waals surface area contributed by atoms with E-state index < -0.39 is 34.4 Å². The lowest BCUT2D eigenvalue weighted by molar-refractivity contribution is -0.136. The van der Waals surface area contributed by atoms with Crippen molar-refractivity contribution in [3.05, 3.63) is 77.5 Å². The Balaban J connectivity index is 1.71. The average molecular weight is 386 g/mol. The number of benzene rings is 1. The quantitative estimate of drug-likeness (QED) is 0.700. The summed E-state index contributed by atoms with van der Waals surface area (Å²) in [5, 5.41) is 1.12. The molecule has 0 aliphatic carbocycles. The molecule has 0 radical (unpaired) electrons. The van der Waals surface area contributed by atoms with E-state index in [0.29, 0.717) is 0 Å². The van der Waals surface area contributed by atoms with Crippen molar-refractivity contribution in [1.29, 1.82) is 0 Å². The highest BCUT2D eigenvalue weighted by atomic mass is 32.2. The fraction of sp³-hybridized carbons (Fsp3) is 0.211. The molecule has 1 atom stereocenters. The Morgan fingerprint density at radius 1 is 1.15 bits per heavy atom. The molecule has 1 amide bonds. The molecule has 27 heavy (non-hydrogen) atoms. The van der Waals surface area contributed by atoms with Crippen molar-refractivity contribution in [1.82, 2.24) is 9.88 Å². The Labute approximate surface area is 157 Å². The summed E-state index contributed by atoms with van der Waals surface area (Å²) in [6.45, 7) is -0.264. The van der Waals surface area contributed by atoms with Crippen molar-refractivity contribution in [3.63, 3.8) is 0 Å². The third-order valence-electron chi connectivity index (χ3n) is 4.05. The summed E-state index contributed by atoms with van der Waals surface area (Å²) in [4.78, 5) is 29.9. The zero-order valence-electron chi connectivity index (χ0n) is 14.4. The molecule has 3 rings (SSSR count). The van der Waals surface area contributed by atoms with Crippen LogP contribution in [-0.2, 0) is 25.9 Å². The van der Waals surface area contributed by atoms with Gasteiger partial charge < -0.3 is 9.64 Å². The van der Waals surface area contributed by atoms with Crippen LogP contribution in [0.1, 0.15) is 15.9 Å². The molecule has 0 spiro atoms. The fourth-order valence-electron chi connectivity index (χ4n) is 2.70. The predicted octanol–water partition coefficient (Wildman–Crippen LogP) is 1.58. The number of hydrogen-bond donors (Lipinski definition) is 0. The second kappa shape index (κ2) is 8.13. The van der Waals surface area contributed by atoms with Gasteiger partial charge in [0.15, 0.2) is 16.4 Å². The van der Waals surface area contributed by atoms with Crippen LogP contribution in [0.15, 0.2) is 66.3 Å². The van der Waals surface area contributed by atoms with E-state index in [1.807, 2.05) is 30.3 Å². The van der Waals surface area contributed by atoms with Crippen LogP contribution >= 0.6 is 0 Å². The van der Waals surface area contributed by atoms with Crippen molar-refractivity contribution in [2.24, 2.45) is 0 Å². The van der Waals surface area contributed by atoms with Crippen LogP contribution in [0.4, 0.5) is 0 Å². The number of carbonyl (C=O) groups excluding carboxylic acids is 2. The summed E-state index contributed by atoms with van der Waals surface area (Å²) in [6.07, 6.45) is 4.36. The highest BCUT2D eigenvalue weighted by Crippen LogP contribution is 2.18. The van der Waals surface area contributed by atoms with E-state index in [4.69, 9.17) is 4.74 Å². The van der Waals surface area contributed by atoms with Gasteiger partial charge in [-0.25, -0.2) is 13.2 Å². The molecule has 0 bridgehead atoms. The van der Waals surface area contributed by atoms with Gasteiger partial charge in [0, 0.05) is 24.3 Å². The van der Waals surface area contributed by atoms with Gasteiger partial charge in [0.05, 0.1) is 17.4 Å². The van der Waals surface area contributed by atoms with Crippen LogP contribution in [0.3, 0.4) is 0 Å². The molecule has 2 aromatic rings. The van der Waals surface area contributed by atoms with Crippen LogP contribution in [0.5, 0.6) is 0 Å². The first kappa shape index (κ1) is 18.8. The van der Waals surface area contributed by atoms with E-state index in [9.17, 15) is 18.0 Å². The number of nitrogens with zero attached hydrogens (tertiary/aromatic N) is 2. The van der Waals surface area contributed by atoms with Gasteiger partial charge in [-0.15, -0.1) is 0 Å². The second-order valence-electron chi connectivity index (χ2n) is 6.05. The van der Waals surface area contributed by atoms with E-state index in [0.717, 1.165) is 11.0 Å². The largest absolute Gasteiger partial charge is 0.452 e. The summed E-state index contributed by atoms with van der Waals surface area (Å²) < 4.78 is 28.6. The van der Waals surface area contributed by atoms with Gasteiger partial charge in [-0.3, -0.25) is 9.78 Å². The first-order chi connectivity index (χ1) is 12.9. The lowest BCUT2D eigenvalue weighted by atomic mass is 10.2. The predicted molar refractivity (Wildman–Crippen MR) is 98.2 cm³/mol. The first-order valence-corrected chi connectivity index (χ1v) is 9.98. The molecule has 0 N–H and O–H groups in total. The summed E-state index contributed by atoms with van der Waals surface area (Å²) in [6, 6.07) is 11.7. The molecule has 0 saturated carbocycles. The number of esters is 1. The minimum Gasteiger partial charge on any atom is -0.452 e. The van der Waals surface area contributed by atoms with Gasteiger partial charge in [0.25, 0.3) is 5.91 Å². The minimum absolute atomic E-state index is 0.178. The maximum absolute atomic E-state index is 12.7. The van der Waals surface area contributed by atoms with Crippen molar-refractivity contribution in [2.75, 3.05) is 12.4 Å². The van der Waals surface area contributed by atoms with Crippen molar-refractivity contribution < 1.29 is 22.7 Å². The molecule has 140 valence electrons. The number of carbonyl (C=O) groups is 2. The molecule has 1 aliphatic heterocycles. The normalized spacial score (nSPS) is 17.4. The summed E-state index contributed by atoms with van der Waals surface area (Å²) in [5.74, 6) is -1.31. The SMILES string of the molecule is O=C(OCC(=O)N(Cc1ccccc1)[C@H]1C=CS(=O)(=O)C1)c1cccnc1. The number of ether oxygens (including phenoxy) is 1. The smallest absolute Gasteiger partial charge is 0.340 e. The lowest BCUT2D eigenvalue weighted by Gasteiger charge is -2.27. The molecule has 0 fully saturated rings. The van der Waals surface area contributed by atoms with Crippen LogP contribution < -0.4 is 0 Å². The van der Waals surface area contributed by atoms with Crippen LogP contribution in [0.2, 0.25) is 0 Å². The summed E-state index contributed by atoms with van der Waals surface area (Å²) in [5.41, 5.74) is 1.09. The van der Waals surface area contributed by atoms with Gasteiger partial charge in [-0.05, 0) is 23.8 Å². The molecule has 0 unspecified atom stereocenters.